The molecule has 0 rings (SSSR count). The lowest BCUT2D eigenvalue weighted by Gasteiger charge is -2.26. The van der Waals surface area contributed by atoms with Gasteiger partial charge >= 0.3 is 5.97 Å². The first-order chi connectivity index (χ1) is 14.4. The Balaban J connectivity index is 5.33. The molecule has 0 bridgehead atoms. The Morgan fingerprint density at radius 3 is 1.94 bits per heavy atom. The SMILES string of the molecule is CC(C)CC(N)C(=O)NC(CCCCN)C(=O)NC(C(=O)NC(CO)C(=O)O)C(C)O. The Morgan fingerprint density at radius 1 is 0.903 bits per heavy atom. The van der Waals surface area contributed by atoms with Crippen LogP contribution in [0.5, 0.6) is 0 Å². The van der Waals surface area contributed by atoms with Gasteiger partial charge in [-0.05, 0) is 45.1 Å². The highest BCUT2D eigenvalue weighted by Crippen LogP contribution is 2.07. The van der Waals surface area contributed by atoms with Crippen molar-refractivity contribution in [2.24, 2.45) is 17.4 Å². The number of nitrogens with one attached hydrogen (secondary N) is 3. The van der Waals surface area contributed by atoms with E-state index < -0.39 is 60.6 Å². The van der Waals surface area contributed by atoms with E-state index in [0.29, 0.717) is 25.8 Å². The molecular weight excluding hydrogens is 410 g/mol. The normalized spacial score (nSPS) is 16.0. The van der Waals surface area contributed by atoms with Gasteiger partial charge in [0.25, 0.3) is 0 Å². The highest BCUT2D eigenvalue weighted by atomic mass is 16.4. The highest BCUT2D eigenvalue weighted by Gasteiger charge is 2.32. The molecule has 0 heterocycles. The molecule has 0 aromatic rings. The van der Waals surface area contributed by atoms with E-state index >= 15 is 0 Å². The van der Waals surface area contributed by atoms with Crippen LogP contribution < -0.4 is 27.4 Å². The van der Waals surface area contributed by atoms with Gasteiger partial charge in [0.1, 0.15) is 18.1 Å². The van der Waals surface area contributed by atoms with Crippen LogP contribution in [-0.4, -0.2) is 82.4 Å². The van der Waals surface area contributed by atoms with Gasteiger partial charge in [0.05, 0.1) is 18.8 Å². The molecule has 0 aliphatic rings. The zero-order chi connectivity index (χ0) is 24.1. The van der Waals surface area contributed by atoms with Crippen LogP contribution in [0.25, 0.3) is 0 Å². The summed E-state index contributed by atoms with van der Waals surface area (Å²) >= 11 is 0. The van der Waals surface area contributed by atoms with Gasteiger partial charge in [-0.1, -0.05) is 13.8 Å². The lowest BCUT2D eigenvalue weighted by molar-refractivity contribution is -0.144. The molecule has 31 heavy (non-hydrogen) atoms. The fourth-order valence-corrected chi connectivity index (χ4v) is 2.76. The predicted octanol–water partition coefficient (Wildman–Crippen LogP) is -2.60. The van der Waals surface area contributed by atoms with E-state index in [1.807, 2.05) is 19.2 Å². The van der Waals surface area contributed by atoms with Crippen molar-refractivity contribution in [2.45, 2.75) is 76.7 Å². The molecule has 180 valence electrons. The Labute approximate surface area is 182 Å². The molecule has 0 aromatic heterocycles. The van der Waals surface area contributed by atoms with Crippen LogP contribution in [0.3, 0.4) is 0 Å². The standard InChI is InChI=1S/C19H37N5O7/c1-10(2)8-12(21)16(27)22-13(6-4-5-7-20)17(28)24-15(11(3)26)18(29)23-14(9-25)19(30)31/h10-15,25-26H,4-9,20-21H2,1-3H3,(H,22,27)(H,23,29)(H,24,28)(H,30,31). The first-order valence-corrected chi connectivity index (χ1v) is 10.3. The molecule has 0 aliphatic heterocycles. The van der Waals surface area contributed by atoms with E-state index in [0.717, 1.165) is 0 Å². The van der Waals surface area contributed by atoms with Crippen LogP contribution in [0.1, 0.15) is 46.5 Å². The Morgan fingerprint density at radius 2 is 1.48 bits per heavy atom. The van der Waals surface area contributed by atoms with Crippen LogP contribution in [-0.2, 0) is 19.2 Å². The van der Waals surface area contributed by atoms with Crippen LogP contribution in [0.4, 0.5) is 0 Å². The third kappa shape index (κ3) is 11.1. The molecule has 0 spiro atoms. The molecule has 12 nitrogen and oxygen atoms in total. The van der Waals surface area contributed by atoms with Gasteiger partial charge in [-0.2, -0.15) is 0 Å². The molecule has 0 saturated heterocycles. The Kier molecular flexibility index (Phi) is 13.6. The molecule has 0 saturated carbocycles. The minimum atomic E-state index is -1.60. The fourth-order valence-electron chi connectivity index (χ4n) is 2.76. The smallest absolute Gasteiger partial charge is 0.328 e. The minimum absolute atomic E-state index is 0.169. The van der Waals surface area contributed by atoms with Crippen molar-refractivity contribution in [3.8, 4) is 0 Å². The second kappa shape index (κ2) is 14.7. The first kappa shape index (κ1) is 28.7. The average molecular weight is 448 g/mol. The van der Waals surface area contributed by atoms with E-state index in [1.165, 1.54) is 6.92 Å². The first-order valence-electron chi connectivity index (χ1n) is 10.3. The lowest BCUT2D eigenvalue weighted by atomic mass is 10.0. The van der Waals surface area contributed by atoms with Gasteiger partial charge < -0.3 is 42.7 Å². The summed E-state index contributed by atoms with van der Waals surface area (Å²) in [7, 11) is 0. The minimum Gasteiger partial charge on any atom is -0.480 e. The molecular formula is C19H37N5O7. The van der Waals surface area contributed by atoms with E-state index in [1.54, 1.807) is 0 Å². The summed E-state index contributed by atoms with van der Waals surface area (Å²) < 4.78 is 0. The van der Waals surface area contributed by atoms with Gasteiger partial charge in [0.15, 0.2) is 0 Å². The predicted molar refractivity (Wildman–Crippen MR) is 113 cm³/mol. The summed E-state index contributed by atoms with van der Waals surface area (Å²) in [6.45, 7) is 4.57. The van der Waals surface area contributed by atoms with Crippen molar-refractivity contribution >= 4 is 23.7 Å². The summed E-state index contributed by atoms with van der Waals surface area (Å²) in [4.78, 5) is 48.5. The fraction of sp³-hybridized carbons (Fsp3) is 0.789. The molecule has 12 heteroatoms. The summed E-state index contributed by atoms with van der Waals surface area (Å²) in [5.74, 6) is -3.56. The third-order valence-corrected chi connectivity index (χ3v) is 4.50. The van der Waals surface area contributed by atoms with E-state index in [-0.39, 0.29) is 12.3 Å². The zero-order valence-corrected chi connectivity index (χ0v) is 18.3. The molecule has 5 unspecified atom stereocenters. The zero-order valence-electron chi connectivity index (χ0n) is 18.3. The molecule has 0 aliphatic carbocycles. The van der Waals surface area contributed by atoms with E-state index in [2.05, 4.69) is 10.6 Å². The van der Waals surface area contributed by atoms with Crippen LogP contribution in [0, 0.1) is 5.92 Å². The Hall–Kier alpha value is -2.28. The number of aliphatic carboxylic acids is 1. The van der Waals surface area contributed by atoms with Gasteiger partial charge in [-0.3, -0.25) is 14.4 Å². The van der Waals surface area contributed by atoms with Crippen LogP contribution in [0.2, 0.25) is 0 Å². The Bertz CT molecular complexity index is 600. The molecule has 0 radical (unpaired) electrons. The summed E-state index contributed by atoms with van der Waals surface area (Å²) in [6, 6.07) is -4.94. The third-order valence-electron chi connectivity index (χ3n) is 4.50. The lowest BCUT2D eigenvalue weighted by Crippen LogP contribution is -2.60. The molecule has 5 atom stereocenters. The summed E-state index contributed by atoms with van der Waals surface area (Å²) in [6.07, 6.45) is 0.395. The number of hydrogen-bond acceptors (Lipinski definition) is 8. The quantitative estimate of drug-likeness (QED) is 0.123. The van der Waals surface area contributed by atoms with Gasteiger partial charge in [0.2, 0.25) is 17.7 Å². The number of rotatable bonds is 15. The number of nitrogens with two attached hydrogens (primary N) is 2. The van der Waals surface area contributed by atoms with Crippen LogP contribution >= 0.6 is 0 Å². The van der Waals surface area contributed by atoms with Crippen molar-refractivity contribution in [3.63, 3.8) is 0 Å². The number of amides is 3. The van der Waals surface area contributed by atoms with E-state index in [9.17, 15) is 24.3 Å². The van der Waals surface area contributed by atoms with Crippen molar-refractivity contribution in [1.82, 2.24) is 16.0 Å². The second-order valence-corrected chi connectivity index (χ2v) is 7.89. The summed E-state index contributed by atoms with van der Waals surface area (Å²) in [5, 5.41) is 34.9. The maximum atomic E-state index is 12.8. The molecule has 3 amide bonds. The largest absolute Gasteiger partial charge is 0.480 e. The van der Waals surface area contributed by atoms with E-state index in [4.69, 9.17) is 21.7 Å². The van der Waals surface area contributed by atoms with Gasteiger partial charge in [-0.15, -0.1) is 0 Å². The number of hydrogen-bond donors (Lipinski definition) is 8. The van der Waals surface area contributed by atoms with Crippen molar-refractivity contribution in [3.05, 3.63) is 0 Å². The van der Waals surface area contributed by atoms with Gasteiger partial charge in [-0.25, -0.2) is 4.79 Å². The number of unbranched alkanes of at least 4 members (excludes halogenated alkanes) is 1. The second-order valence-electron chi connectivity index (χ2n) is 7.89. The number of carbonyl (C=O) groups is 4. The average Bonchev–Trinajstić information content (AvgIpc) is 2.67. The van der Waals surface area contributed by atoms with Crippen molar-refractivity contribution < 1.29 is 34.5 Å². The number of carboxylic acids is 1. The van der Waals surface area contributed by atoms with Gasteiger partial charge in [0, 0.05) is 0 Å². The van der Waals surface area contributed by atoms with Crippen molar-refractivity contribution in [2.75, 3.05) is 13.2 Å². The number of carboxylic acid groups (broad SMARTS) is 1. The molecule has 10 N–H and O–H groups in total. The number of aliphatic hydroxyl groups is 2. The van der Waals surface area contributed by atoms with Crippen LogP contribution in [0.15, 0.2) is 0 Å². The highest BCUT2D eigenvalue weighted by molar-refractivity contribution is 5.94. The number of carbonyl (C=O) groups excluding carboxylic acids is 3. The topological polar surface area (TPSA) is 217 Å². The molecule has 0 aromatic carbocycles. The monoisotopic (exact) mass is 447 g/mol. The molecule has 0 fully saturated rings. The summed E-state index contributed by atoms with van der Waals surface area (Å²) in [5.41, 5.74) is 11.3. The number of aliphatic hydroxyl groups excluding tert-OH is 2. The van der Waals surface area contributed by atoms with Crippen molar-refractivity contribution in [1.29, 1.82) is 0 Å². The maximum absolute atomic E-state index is 12.8. The maximum Gasteiger partial charge on any atom is 0.328 e.